The van der Waals surface area contributed by atoms with Crippen LogP contribution in [0, 0.1) is 12.7 Å². The predicted octanol–water partition coefficient (Wildman–Crippen LogP) is 3.33. The summed E-state index contributed by atoms with van der Waals surface area (Å²) in [6.07, 6.45) is 1.16. The van der Waals surface area contributed by atoms with Gasteiger partial charge in [-0.25, -0.2) is 9.37 Å². The molecule has 0 aliphatic carbocycles. The van der Waals surface area contributed by atoms with E-state index in [9.17, 15) is 4.39 Å². The summed E-state index contributed by atoms with van der Waals surface area (Å²) >= 11 is 1.71. The lowest BCUT2D eigenvalue weighted by Gasteiger charge is -2.03. The van der Waals surface area contributed by atoms with Crippen LogP contribution < -0.4 is 5.32 Å². The molecule has 1 fully saturated rings. The molecule has 0 radical (unpaired) electrons. The van der Waals surface area contributed by atoms with Crippen molar-refractivity contribution in [3.05, 3.63) is 40.0 Å². The smallest absolute Gasteiger partial charge is 0.126 e. The van der Waals surface area contributed by atoms with Gasteiger partial charge in [0, 0.05) is 23.4 Å². The highest BCUT2D eigenvalue weighted by Gasteiger charge is 2.20. The van der Waals surface area contributed by atoms with Gasteiger partial charge in [0.05, 0.1) is 10.7 Å². The van der Waals surface area contributed by atoms with Gasteiger partial charge in [-0.15, -0.1) is 11.3 Å². The molecule has 1 unspecified atom stereocenters. The van der Waals surface area contributed by atoms with Gasteiger partial charge in [-0.2, -0.15) is 0 Å². The number of rotatable bonds is 2. The van der Waals surface area contributed by atoms with E-state index in [0.717, 1.165) is 30.8 Å². The maximum atomic E-state index is 13.2. The Hall–Kier alpha value is -1.26. The van der Waals surface area contributed by atoms with Crippen molar-refractivity contribution in [1.82, 2.24) is 10.3 Å². The van der Waals surface area contributed by atoms with Crippen LogP contribution in [0.3, 0.4) is 0 Å². The molecule has 1 aromatic heterocycles. The minimum atomic E-state index is -0.158. The predicted molar refractivity (Wildman–Crippen MR) is 72.5 cm³/mol. The molecule has 94 valence electrons. The van der Waals surface area contributed by atoms with Crippen molar-refractivity contribution < 1.29 is 4.39 Å². The van der Waals surface area contributed by atoms with Crippen LogP contribution in [0.4, 0.5) is 4.39 Å². The Kier molecular flexibility index (Phi) is 3.14. The Morgan fingerprint density at radius 3 is 3.06 bits per heavy atom. The van der Waals surface area contributed by atoms with Crippen LogP contribution >= 0.6 is 11.3 Å². The number of thiazole rings is 1. The van der Waals surface area contributed by atoms with Crippen molar-refractivity contribution in [1.29, 1.82) is 0 Å². The van der Waals surface area contributed by atoms with Crippen molar-refractivity contribution in [3.63, 3.8) is 0 Å². The minimum absolute atomic E-state index is 0.158. The molecule has 4 heteroatoms. The van der Waals surface area contributed by atoms with Crippen LogP contribution in [0.15, 0.2) is 23.6 Å². The normalized spacial score (nSPS) is 19.3. The topological polar surface area (TPSA) is 24.9 Å². The second-order valence-corrected chi connectivity index (χ2v) is 5.61. The third kappa shape index (κ3) is 2.18. The molecule has 2 aromatic rings. The van der Waals surface area contributed by atoms with E-state index in [1.807, 2.05) is 6.07 Å². The minimum Gasteiger partial charge on any atom is -0.316 e. The second kappa shape index (κ2) is 4.78. The molecule has 1 aliphatic rings. The van der Waals surface area contributed by atoms with Gasteiger partial charge in [0.15, 0.2) is 0 Å². The summed E-state index contributed by atoms with van der Waals surface area (Å²) in [4.78, 5) is 4.69. The van der Waals surface area contributed by atoms with Gasteiger partial charge in [-0.3, -0.25) is 0 Å². The van der Waals surface area contributed by atoms with Gasteiger partial charge in [-0.1, -0.05) is 0 Å². The molecule has 1 N–H and O–H groups in total. The van der Waals surface area contributed by atoms with Crippen molar-refractivity contribution >= 4 is 11.3 Å². The molecule has 3 rings (SSSR count). The van der Waals surface area contributed by atoms with Gasteiger partial charge in [-0.05, 0) is 43.7 Å². The van der Waals surface area contributed by atoms with E-state index < -0.39 is 0 Å². The quantitative estimate of drug-likeness (QED) is 0.898. The first-order valence-electron chi connectivity index (χ1n) is 6.17. The third-order valence-electron chi connectivity index (χ3n) is 3.39. The average molecular weight is 262 g/mol. The summed E-state index contributed by atoms with van der Waals surface area (Å²) in [6.45, 7) is 3.89. The van der Waals surface area contributed by atoms with Crippen LogP contribution in [0.2, 0.25) is 0 Å². The van der Waals surface area contributed by atoms with Crippen molar-refractivity contribution in [2.75, 3.05) is 13.1 Å². The van der Waals surface area contributed by atoms with Gasteiger partial charge < -0.3 is 5.32 Å². The fourth-order valence-electron chi connectivity index (χ4n) is 2.28. The largest absolute Gasteiger partial charge is 0.316 e. The molecule has 0 bridgehead atoms. The first-order chi connectivity index (χ1) is 8.74. The lowest BCUT2D eigenvalue weighted by atomic mass is 10.1. The zero-order valence-electron chi connectivity index (χ0n) is 10.2. The zero-order valence-corrected chi connectivity index (χ0v) is 11.1. The van der Waals surface area contributed by atoms with Crippen molar-refractivity contribution in [2.24, 2.45) is 0 Å². The van der Waals surface area contributed by atoms with Crippen LogP contribution in [0.25, 0.3) is 11.3 Å². The number of aromatic nitrogens is 1. The van der Waals surface area contributed by atoms with Gasteiger partial charge in [0.1, 0.15) is 5.82 Å². The summed E-state index contributed by atoms with van der Waals surface area (Å²) in [5.41, 5.74) is 2.64. The van der Waals surface area contributed by atoms with Gasteiger partial charge in [0.2, 0.25) is 0 Å². The molecular weight excluding hydrogens is 247 g/mol. The number of hydrogen-bond acceptors (Lipinski definition) is 3. The highest BCUT2D eigenvalue weighted by atomic mass is 32.1. The Balaban J connectivity index is 1.89. The van der Waals surface area contributed by atoms with Crippen LogP contribution in [-0.2, 0) is 0 Å². The average Bonchev–Trinajstić information content (AvgIpc) is 3.01. The summed E-state index contributed by atoms with van der Waals surface area (Å²) in [5, 5.41) is 6.61. The fourth-order valence-corrected chi connectivity index (χ4v) is 3.24. The molecule has 0 amide bonds. The SMILES string of the molecule is Cc1cc(-c2csc(C3CCNC3)n2)ccc1F. The molecule has 0 spiro atoms. The van der Waals surface area contributed by atoms with Crippen molar-refractivity contribution in [2.45, 2.75) is 19.3 Å². The first kappa shape index (κ1) is 11.8. The molecule has 2 heterocycles. The summed E-state index contributed by atoms with van der Waals surface area (Å²) in [5.74, 6) is 0.388. The molecule has 0 saturated carbocycles. The van der Waals surface area contributed by atoms with E-state index in [-0.39, 0.29) is 5.82 Å². The zero-order chi connectivity index (χ0) is 12.5. The lowest BCUT2D eigenvalue weighted by molar-refractivity contribution is 0.619. The van der Waals surface area contributed by atoms with Crippen LogP contribution in [0.1, 0.15) is 22.9 Å². The number of halogens is 1. The van der Waals surface area contributed by atoms with Crippen LogP contribution in [-0.4, -0.2) is 18.1 Å². The van der Waals surface area contributed by atoms with E-state index >= 15 is 0 Å². The third-order valence-corrected chi connectivity index (χ3v) is 4.39. The summed E-state index contributed by atoms with van der Waals surface area (Å²) in [6, 6.07) is 5.18. The maximum absolute atomic E-state index is 13.2. The van der Waals surface area contributed by atoms with E-state index in [0.29, 0.717) is 11.5 Å². The molecular formula is C14H15FN2S. The number of aryl methyl sites for hydroxylation is 1. The van der Waals surface area contributed by atoms with E-state index in [1.54, 1.807) is 24.3 Å². The van der Waals surface area contributed by atoms with Crippen LogP contribution in [0.5, 0.6) is 0 Å². The molecule has 1 atom stereocenters. The number of benzene rings is 1. The second-order valence-electron chi connectivity index (χ2n) is 4.72. The fraction of sp³-hybridized carbons (Fsp3) is 0.357. The number of nitrogens with one attached hydrogen (secondary N) is 1. The standard InChI is InChI=1S/C14H15FN2S/c1-9-6-10(2-3-12(9)15)13-8-18-14(17-13)11-4-5-16-7-11/h2-3,6,8,11,16H,4-5,7H2,1H3. The Labute approximate surface area is 110 Å². The monoisotopic (exact) mass is 262 g/mol. The molecule has 1 aliphatic heterocycles. The van der Waals surface area contributed by atoms with E-state index in [4.69, 9.17) is 0 Å². The van der Waals surface area contributed by atoms with Gasteiger partial charge in [0.25, 0.3) is 0 Å². The van der Waals surface area contributed by atoms with E-state index in [1.165, 1.54) is 11.1 Å². The summed E-state index contributed by atoms with van der Waals surface area (Å²) in [7, 11) is 0. The van der Waals surface area contributed by atoms with E-state index in [2.05, 4.69) is 15.7 Å². The first-order valence-corrected chi connectivity index (χ1v) is 7.04. The Morgan fingerprint density at radius 1 is 1.44 bits per heavy atom. The highest BCUT2D eigenvalue weighted by Crippen LogP contribution is 2.30. The lowest BCUT2D eigenvalue weighted by Crippen LogP contribution is -2.07. The molecule has 18 heavy (non-hydrogen) atoms. The summed E-state index contributed by atoms with van der Waals surface area (Å²) < 4.78 is 13.2. The molecule has 1 aromatic carbocycles. The Bertz CT molecular complexity index is 559. The Morgan fingerprint density at radius 2 is 2.33 bits per heavy atom. The highest BCUT2D eigenvalue weighted by molar-refractivity contribution is 7.10. The number of nitrogens with zero attached hydrogens (tertiary/aromatic N) is 1. The molecule has 2 nitrogen and oxygen atoms in total. The number of hydrogen-bond donors (Lipinski definition) is 1. The van der Waals surface area contributed by atoms with Gasteiger partial charge >= 0.3 is 0 Å². The molecule has 1 saturated heterocycles. The van der Waals surface area contributed by atoms with Crippen molar-refractivity contribution in [3.8, 4) is 11.3 Å². The maximum Gasteiger partial charge on any atom is 0.126 e.